The van der Waals surface area contributed by atoms with Crippen LogP contribution in [0.1, 0.15) is 40.9 Å². The number of benzene rings is 3. The first-order chi connectivity index (χ1) is 18.9. The van der Waals surface area contributed by atoms with Crippen LogP contribution in [0.3, 0.4) is 0 Å². The molecule has 0 bridgehead atoms. The molecule has 3 aromatic rings. The summed E-state index contributed by atoms with van der Waals surface area (Å²) in [5, 5.41) is 19.6. The van der Waals surface area contributed by atoms with E-state index in [1.54, 1.807) is 43.3 Å². The summed E-state index contributed by atoms with van der Waals surface area (Å²) >= 11 is 5.91. The maximum Gasteiger partial charge on any atom is 0.395 e. The quantitative estimate of drug-likeness (QED) is 0.330. The zero-order chi connectivity index (χ0) is 29.6. The van der Waals surface area contributed by atoms with Gasteiger partial charge in [-0.3, -0.25) is 24.2 Å². The second-order valence-electron chi connectivity index (χ2n) is 8.97. The van der Waals surface area contributed by atoms with E-state index in [0.717, 1.165) is 9.80 Å². The van der Waals surface area contributed by atoms with Crippen molar-refractivity contribution in [2.75, 3.05) is 4.90 Å². The molecule has 0 aliphatic rings. The first kappa shape index (κ1) is 30.0. The van der Waals surface area contributed by atoms with Crippen LogP contribution >= 0.6 is 11.6 Å². The number of nitrogens with zero attached hydrogens (tertiary/aromatic N) is 2. The predicted octanol–water partition coefficient (Wildman–Crippen LogP) is 3.80. The number of aryl methyl sites for hydroxylation is 1. The normalized spacial score (nSPS) is 11.4. The van der Waals surface area contributed by atoms with Crippen molar-refractivity contribution in [3.05, 3.63) is 94.0 Å². The molecule has 0 aliphatic carbocycles. The average molecular weight is 566 g/mol. The molecule has 0 heterocycles. The highest BCUT2D eigenvalue weighted by molar-refractivity contribution is 6.39. The van der Waals surface area contributed by atoms with Crippen molar-refractivity contribution in [1.29, 1.82) is 0 Å². The smallest absolute Gasteiger partial charge is 0.395 e. The largest absolute Gasteiger partial charge is 0.478 e. The monoisotopic (exact) mass is 565 g/mol. The molecule has 0 radical (unpaired) electrons. The molecular formula is C29H28ClN3O7. The van der Waals surface area contributed by atoms with Crippen LogP contribution in [-0.4, -0.2) is 50.8 Å². The molecule has 208 valence electrons. The maximum absolute atomic E-state index is 13.1. The standard InChI is InChI=1S/C29H28ClN3O7/c1-3-20-14-19(15-23(31)26(35)32(17(2)34)16-18-8-11-21(30)12-9-18)10-13-24(20)33(27(36)29(39)40)25-7-5-4-6-22(25)28(37)38/h4-14,23H,3,15-16,31H2,1-2H3,(H,37,38)(H,39,40). The molecule has 0 fully saturated rings. The minimum absolute atomic E-state index is 0.0213. The molecule has 0 spiro atoms. The Balaban J connectivity index is 1.93. The van der Waals surface area contributed by atoms with E-state index in [2.05, 4.69) is 0 Å². The van der Waals surface area contributed by atoms with Crippen molar-refractivity contribution >= 4 is 52.6 Å². The van der Waals surface area contributed by atoms with E-state index in [1.807, 2.05) is 0 Å². The highest BCUT2D eigenvalue weighted by atomic mass is 35.5. The highest BCUT2D eigenvalue weighted by Gasteiger charge is 2.30. The van der Waals surface area contributed by atoms with E-state index in [9.17, 15) is 34.2 Å². The van der Waals surface area contributed by atoms with Crippen LogP contribution in [0, 0.1) is 0 Å². The van der Waals surface area contributed by atoms with Gasteiger partial charge in [-0.05, 0) is 59.9 Å². The third-order valence-electron chi connectivity index (χ3n) is 6.20. The Morgan fingerprint density at radius 1 is 0.900 bits per heavy atom. The van der Waals surface area contributed by atoms with E-state index in [4.69, 9.17) is 17.3 Å². The maximum atomic E-state index is 13.1. The van der Waals surface area contributed by atoms with Gasteiger partial charge < -0.3 is 15.9 Å². The molecule has 1 unspecified atom stereocenters. The Labute approximate surface area is 235 Å². The number of rotatable bonds is 9. The highest BCUT2D eigenvalue weighted by Crippen LogP contribution is 2.33. The van der Waals surface area contributed by atoms with Crippen LogP contribution in [0.2, 0.25) is 5.02 Å². The van der Waals surface area contributed by atoms with E-state index >= 15 is 0 Å². The first-order valence-electron chi connectivity index (χ1n) is 12.3. The number of para-hydroxylation sites is 1. The van der Waals surface area contributed by atoms with Gasteiger partial charge in [0.05, 0.1) is 29.5 Å². The predicted molar refractivity (Wildman–Crippen MR) is 148 cm³/mol. The molecule has 11 heteroatoms. The fourth-order valence-corrected chi connectivity index (χ4v) is 4.35. The molecule has 0 aromatic heterocycles. The number of carboxylic acids is 2. The van der Waals surface area contributed by atoms with Gasteiger partial charge >= 0.3 is 17.8 Å². The molecule has 3 aromatic carbocycles. The molecule has 1 atom stereocenters. The average Bonchev–Trinajstić information content (AvgIpc) is 2.92. The summed E-state index contributed by atoms with van der Waals surface area (Å²) in [5.74, 6) is -5.47. The number of aromatic carboxylic acids is 1. The van der Waals surface area contributed by atoms with E-state index < -0.39 is 35.7 Å². The van der Waals surface area contributed by atoms with Crippen molar-refractivity contribution in [3.63, 3.8) is 0 Å². The lowest BCUT2D eigenvalue weighted by molar-refractivity contribution is -0.148. The summed E-state index contributed by atoms with van der Waals surface area (Å²) in [6, 6.07) is 16.0. The molecule has 0 saturated carbocycles. The van der Waals surface area contributed by atoms with Gasteiger partial charge in [-0.15, -0.1) is 0 Å². The summed E-state index contributed by atoms with van der Waals surface area (Å²) in [6.45, 7) is 3.07. The zero-order valence-corrected chi connectivity index (χ0v) is 22.6. The number of anilines is 2. The lowest BCUT2D eigenvalue weighted by atomic mass is 9.99. The van der Waals surface area contributed by atoms with Crippen LogP contribution in [0.15, 0.2) is 66.7 Å². The summed E-state index contributed by atoms with van der Waals surface area (Å²) in [5.41, 5.74) is 7.87. The second kappa shape index (κ2) is 13.0. The van der Waals surface area contributed by atoms with Crippen molar-refractivity contribution in [1.82, 2.24) is 4.90 Å². The number of carbonyl (C=O) groups is 5. The van der Waals surface area contributed by atoms with Gasteiger partial charge in [0.25, 0.3) is 0 Å². The van der Waals surface area contributed by atoms with E-state index in [0.29, 0.717) is 28.1 Å². The molecule has 3 rings (SSSR count). The van der Waals surface area contributed by atoms with Crippen molar-refractivity contribution in [3.8, 4) is 0 Å². The van der Waals surface area contributed by atoms with Crippen LogP contribution < -0.4 is 10.6 Å². The second-order valence-corrected chi connectivity index (χ2v) is 9.40. The van der Waals surface area contributed by atoms with Gasteiger partial charge in [-0.25, -0.2) is 9.59 Å². The number of carboxylic acid groups (broad SMARTS) is 2. The van der Waals surface area contributed by atoms with Crippen LogP contribution in [0.4, 0.5) is 11.4 Å². The molecule has 4 N–H and O–H groups in total. The Kier molecular flexibility index (Phi) is 9.76. The van der Waals surface area contributed by atoms with Crippen molar-refractivity contribution in [2.24, 2.45) is 5.73 Å². The minimum atomic E-state index is -1.76. The Hall–Kier alpha value is -4.54. The lowest BCUT2D eigenvalue weighted by Gasteiger charge is -2.26. The third kappa shape index (κ3) is 6.90. The van der Waals surface area contributed by atoms with Gasteiger partial charge in [0, 0.05) is 11.9 Å². The number of imide groups is 1. The van der Waals surface area contributed by atoms with Gasteiger partial charge in [-0.2, -0.15) is 0 Å². The van der Waals surface area contributed by atoms with Crippen LogP contribution in [0.5, 0.6) is 0 Å². The van der Waals surface area contributed by atoms with Crippen molar-refractivity contribution in [2.45, 2.75) is 39.3 Å². The molecular weight excluding hydrogens is 538 g/mol. The Morgan fingerprint density at radius 2 is 1.52 bits per heavy atom. The number of amides is 3. The summed E-state index contributed by atoms with van der Waals surface area (Å²) in [4.78, 5) is 63.6. The number of halogens is 1. The van der Waals surface area contributed by atoms with Gasteiger partial charge in [0.2, 0.25) is 11.8 Å². The Morgan fingerprint density at radius 3 is 2.10 bits per heavy atom. The molecule has 3 amide bonds. The lowest BCUT2D eigenvalue weighted by Crippen LogP contribution is -2.46. The molecule has 10 nitrogen and oxygen atoms in total. The topological polar surface area (TPSA) is 158 Å². The SMILES string of the molecule is CCc1cc(CC(N)C(=O)N(Cc2ccc(Cl)cc2)C(C)=O)ccc1N(C(=O)C(=O)O)c1ccccc1C(=O)O. The molecule has 0 aliphatic heterocycles. The number of aliphatic carboxylic acids is 1. The summed E-state index contributed by atoms with van der Waals surface area (Å²) in [7, 11) is 0. The zero-order valence-electron chi connectivity index (χ0n) is 21.8. The minimum Gasteiger partial charge on any atom is -0.478 e. The summed E-state index contributed by atoms with van der Waals surface area (Å²) < 4.78 is 0. The first-order valence-corrected chi connectivity index (χ1v) is 12.7. The van der Waals surface area contributed by atoms with E-state index in [-0.39, 0.29) is 29.9 Å². The van der Waals surface area contributed by atoms with Gasteiger partial charge in [0.15, 0.2) is 0 Å². The number of carbonyl (C=O) groups excluding carboxylic acids is 3. The number of hydrogen-bond acceptors (Lipinski definition) is 6. The van der Waals surface area contributed by atoms with Gasteiger partial charge in [-0.1, -0.05) is 54.9 Å². The molecule has 40 heavy (non-hydrogen) atoms. The fraction of sp³-hybridized carbons (Fsp3) is 0.207. The fourth-order valence-electron chi connectivity index (χ4n) is 4.22. The van der Waals surface area contributed by atoms with Crippen LogP contribution in [0.25, 0.3) is 0 Å². The van der Waals surface area contributed by atoms with Gasteiger partial charge in [0.1, 0.15) is 0 Å². The third-order valence-corrected chi connectivity index (χ3v) is 6.45. The van der Waals surface area contributed by atoms with Crippen LogP contribution in [-0.2, 0) is 38.6 Å². The van der Waals surface area contributed by atoms with E-state index in [1.165, 1.54) is 37.3 Å². The number of hydrogen-bond donors (Lipinski definition) is 3. The Bertz CT molecular complexity index is 1460. The summed E-state index contributed by atoms with van der Waals surface area (Å²) in [6.07, 6.45) is 0.399. The van der Waals surface area contributed by atoms with Crippen molar-refractivity contribution < 1.29 is 34.2 Å². The number of nitrogens with two attached hydrogens (primary N) is 1. The molecule has 0 saturated heterocycles.